The molecule has 25 heavy (non-hydrogen) atoms. The van der Waals surface area contributed by atoms with Crippen molar-refractivity contribution in [1.29, 1.82) is 5.26 Å². The highest BCUT2D eigenvalue weighted by atomic mass is 16.6. The van der Waals surface area contributed by atoms with Gasteiger partial charge in [-0.15, -0.1) is 0 Å². The minimum atomic E-state index is -0.620. The molecule has 0 aliphatic carbocycles. The zero-order valence-corrected chi connectivity index (χ0v) is 13.6. The molecule has 0 bridgehead atoms. The van der Waals surface area contributed by atoms with Crippen LogP contribution < -0.4 is 10.1 Å². The highest BCUT2D eigenvalue weighted by molar-refractivity contribution is 5.98. The lowest BCUT2D eigenvalue weighted by molar-refractivity contribution is -0.385. The van der Waals surface area contributed by atoms with Gasteiger partial charge >= 0.3 is 0 Å². The number of rotatable bonds is 7. The predicted octanol–water partition coefficient (Wildman–Crippen LogP) is 3.21. The van der Waals surface area contributed by atoms with Gasteiger partial charge in [-0.25, -0.2) is 0 Å². The number of carbonyl (C=O) groups is 1. The van der Waals surface area contributed by atoms with Crippen LogP contribution in [0.15, 0.2) is 48.5 Å². The first-order valence-corrected chi connectivity index (χ1v) is 7.64. The number of ether oxygens (including phenoxy) is 1. The number of nitriles is 1. The summed E-state index contributed by atoms with van der Waals surface area (Å²) in [6.45, 7) is 1.94. The average molecular weight is 339 g/mol. The number of carbonyl (C=O) groups excluding carboxylic acids is 1. The summed E-state index contributed by atoms with van der Waals surface area (Å²) >= 11 is 0. The molecule has 0 heterocycles. The number of hydrogen-bond acceptors (Lipinski definition) is 5. The Balaban J connectivity index is 2.19. The summed E-state index contributed by atoms with van der Waals surface area (Å²) < 4.78 is 5.62. The van der Waals surface area contributed by atoms with Gasteiger partial charge in [0.15, 0.2) is 0 Å². The van der Waals surface area contributed by atoms with Crippen molar-refractivity contribution in [2.24, 2.45) is 0 Å². The normalized spacial score (nSPS) is 11.2. The first kappa shape index (κ1) is 17.9. The molecule has 1 N–H and O–H groups in total. The van der Waals surface area contributed by atoms with E-state index in [1.165, 1.54) is 18.2 Å². The van der Waals surface area contributed by atoms with Crippen LogP contribution in [0.2, 0.25) is 0 Å². The van der Waals surface area contributed by atoms with Gasteiger partial charge in [0.2, 0.25) is 0 Å². The van der Waals surface area contributed by atoms with E-state index in [-0.39, 0.29) is 24.3 Å². The standard InChI is InChI=1S/C18H17N3O4/c1-13(9-10-19)20-18(22)16-11-15(7-8-17(16)21(23)24)25-12-14-5-3-2-4-6-14/h2-8,11,13H,9,12H2,1H3,(H,20,22). The maximum Gasteiger partial charge on any atom is 0.282 e. The van der Waals surface area contributed by atoms with E-state index < -0.39 is 16.9 Å². The molecule has 0 saturated carbocycles. The second-order valence-electron chi connectivity index (χ2n) is 5.45. The second-order valence-corrected chi connectivity index (χ2v) is 5.45. The Morgan fingerprint density at radius 2 is 2.04 bits per heavy atom. The summed E-state index contributed by atoms with van der Waals surface area (Å²) in [6.07, 6.45) is 0.115. The molecule has 128 valence electrons. The topological polar surface area (TPSA) is 105 Å². The van der Waals surface area contributed by atoms with Crippen LogP contribution >= 0.6 is 0 Å². The number of benzene rings is 2. The summed E-state index contributed by atoms with van der Waals surface area (Å²) in [6, 6.07) is 15.0. The number of nitro benzene ring substituents is 1. The van der Waals surface area contributed by atoms with Gasteiger partial charge < -0.3 is 10.1 Å². The Morgan fingerprint density at radius 1 is 1.32 bits per heavy atom. The van der Waals surface area contributed by atoms with Crippen molar-refractivity contribution in [3.63, 3.8) is 0 Å². The van der Waals surface area contributed by atoms with Crippen molar-refractivity contribution >= 4 is 11.6 Å². The third kappa shape index (κ3) is 5.04. The Bertz CT molecular complexity index is 800. The molecule has 2 aromatic rings. The molecule has 7 heteroatoms. The molecular formula is C18H17N3O4. The first-order chi connectivity index (χ1) is 12.0. The second kappa shape index (κ2) is 8.45. The van der Waals surface area contributed by atoms with Gasteiger partial charge in [-0.1, -0.05) is 30.3 Å². The van der Waals surface area contributed by atoms with Crippen LogP contribution in [0.5, 0.6) is 5.75 Å². The molecular weight excluding hydrogens is 322 g/mol. The van der Waals surface area contributed by atoms with E-state index in [2.05, 4.69) is 5.32 Å². The van der Waals surface area contributed by atoms with Crippen LogP contribution in [0.25, 0.3) is 0 Å². The van der Waals surface area contributed by atoms with E-state index in [9.17, 15) is 14.9 Å². The van der Waals surface area contributed by atoms with Gasteiger partial charge in [0.05, 0.1) is 17.4 Å². The fraction of sp³-hybridized carbons (Fsp3) is 0.222. The fourth-order valence-electron chi connectivity index (χ4n) is 2.18. The number of nitrogens with one attached hydrogen (secondary N) is 1. The van der Waals surface area contributed by atoms with Crippen LogP contribution in [0.1, 0.15) is 29.3 Å². The van der Waals surface area contributed by atoms with Crippen molar-refractivity contribution in [2.75, 3.05) is 0 Å². The minimum absolute atomic E-state index is 0.0969. The minimum Gasteiger partial charge on any atom is -0.489 e. The van der Waals surface area contributed by atoms with Crippen molar-refractivity contribution in [3.8, 4) is 11.8 Å². The Kier molecular flexibility index (Phi) is 6.07. The molecule has 1 unspecified atom stereocenters. The molecule has 0 aliphatic heterocycles. The van der Waals surface area contributed by atoms with Gasteiger partial charge in [-0.3, -0.25) is 14.9 Å². The smallest absolute Gasteiger partial charge is 0.282 e. The maximum absolute atomic E-state index is 12.3. The third-order valence-electron chi connectivity index (χ3n) is 3.43. The molecule has 1 amide bonds. The highest BCUT2D eigenvalue weighted by Gasteiger charge is 2.22. The molecule has 0 fully saturated rings. The molecule has 0 aromatic heterocycles. The Labute approximate surface area is 145 Å². The van der Waals surface area contributed by atoms with Gasteiger partial charge in [-0.2, -0.15) is 5.26 Å². The average Bonchev–Trinajstić information content (AvgIpc) is 2.60. The number of nitro groups is 1. The van der Waals surface area contributed by atoms with Gasteiger partial charge in [-0.05, 0) is 24.6 Å². The molecule has 2 aromatic carbocycles. The van der Waals surface area contributed by atoms with E-state index in [0.717, 1.165) is 5.56 Å². The first-order valence-electron chi connectivity index (χ1n) is 7.64. The van der Waals surface area contributed by atoms with E-state index in [1.807, 2.05) is 36.4 Å². The summed E-state index contributed by atoms with van der Waals surface area (Å²) in [7, 11) is 0. The molecule has 2 rings (SSSR count). The highest BCUT2D eigenvalue weighted by Crippen LogP contribution is 2.25. The molecule has 1 atom stereocenters. The zero-order chi connectivity index (χ0) is 18.2. The fourth-order valence-corrected chi connectivity index (χ4v) is 2.18. The summed E-state index contributed by atoms with van der Waals surface area (Å²) in [5.41, 5.74) is 0.531. The molecule has 7 nitrogen and oxygen atoms in total. The van der Waals surface area contributed by atoms with E-state index in [4.69, 9.17) is 10.00 Å². The lowest BCUT2D eigenvalue weighted by Gasteiger charge is -2.12. The Morgan fingerprint density at radius 3 is 2.68 bits per heavy atom. The van der Waals surface area contributed by atoms with Crippen LogP contribution in [-0.4, -0.2) is 16.9 Å². The van der Waals surface area contributed by atoms with Crippen LogP contribution in [0.3, 0.4) is 0 Å². The quantitative estimate of drug-likeness (QED) is 0.616. The maximum atomic E-state index is 12.3. The van der Waals surface area contributed by atoms with E-state index in [0.29, 0.717) is 5.75 Å². The predicted molar refractivity (Wildman–Crippen MR) is 91.0 cm³/mol. The molecule has 0 saturated heterocycles. The van der Waals surface area contributed by atoms with Gasteiger partial charge in [0, 0.05) is 12.1 Å². The SMILES string of the molecule is CC(CC#N)NC(=O)c1cc(OCc2ccccc2)ccc1[N+](=O)[O-]. The van der Waals surface area contributed by atoms with Crippen molar-refractivity contribution in [2.45, 2.75) is 26.0 Å². The lowest BCUT2D eigenvalue weighted by Crippen LogP contribution is -2.32. The van der Waals surface area contributed by atoms with Crippen molar-refractivity contribution < 1.29 is 14.5 Å². The van der Waals surface area contributed by atoms with Crippen LogP contribution in [-0.2, 0) is 6.61 Å². The molecule has 0 spiro atoms. The van der Waals surface area contributed by atoms with E-state index in [1.54, 1.807) is 6.92 Å². The van der Waals surface area contributed by atoms with Gasteiger partial charge in [0.1, 0.15) is 17.9 Å². The summed E-state index contributed by atoms with van der Waals surface area (Å²) in [5.74, 6) is -0.257. The van der Waals surface area contributed by atoms with Crippen LogP contribution in [0, 0.1) is 21.4 Å². The number of amides is 1. The number of hydrogen-bond donors (Lipinski definition) is 1. The largest absolute Gasteiger partial charge is 0.489 e. The summed E-state index contributed by atoms with van der Waals surface area (Å²) in [4.78, 5) is 22.8. The number of nitrogens with zero attached hydrogens (tertiary/aromatic N) is 2. The molecule has 0 radical (unpaired) electrons. The summed E-state index contributed by atoms with van der Waals surface area (Å²) in [5, 5.41) is 22.4. The molecule has 0 aliphatic rings. The van der Waals surface area contributed by atoms with Crippen molar-refractivity contribution in [1.82, 2.24) is 5.32 Å². The Hall–Kier alpha value is -3.40. The third-order valence-corrected chi connectivity index (χ3v) is 3.43. The lowest BCUT2D eigenvalue weighted by atomic mass is 10.1. The monoisotopic (exact) mass is 339 g/mol. The van der Waals surface area contributed by atoms with Gasteiger partial charge in [0.25, 0.3) is 11.6 Å². The van der Waals surface area contributed by atoms with Crippen molar-refractivity contribution in [3.05, 3.63) is 69.8 Å². The van der Waals surface area contributed by atoms with Crippen LogP contribution in [0.4, 0.5) is 5.69 Å². The zero-order valence-electron chi connectivity index (χ0n) is 13.6. The van der Waals surface area contributed by atoms with E-state index >= 15 is 0 Å².